The summed E-state index contributed by atoms with van der Waals surface area (Å²) in [4.78, 5) is 34.0. The molecule has 9 nitrogen and oxygen atoms in total. The molecule has 2 unspecified atom stereocenters. The molecule has 5 rings (SSSR count). The number of aliphatic hydroxyl groups excluding tert-OH is 1. The normalized spacial score (nSPS) is 16.1. The van der Waals surface area contributed by atoms with Crippen LogP contribution in [0.4, 0.5) is 0 Å². The molecule has 2 N–H and O–H groups in total. The van der Waals surface area contributed by atoms with Gasteiger partial charge in [-0.1, -0.05) is 6.07 Å². The lowest BCUT2D eigenvalue weighted by Gasteiger charge is -2.32. The first-order valence-electron chi connectivity index (χ1n) is 12.6. The van der Waals surface area contributed by atoms with Gasteiger partial charge in [0, 0.05) is 62.0 Å². The molecule has 0 bridgehead atoms. The summed E-state index contributed by atoms with van der Waals surface area (Å²) in [6.07, 6.45) is 3.03. The first-order chi connectivity index (χ1) is 17.9. The third-order valence-electron chi connectivity index (χ3n) is 6.77. The summed E-state index contributed by atoms with van der Waals surface area (Å²) in [6.45, 7) is 6.78. The molecule has 1 amide bonds. The topological polar surface area (TPSA) is 107 Å². The Balaban J connectivity index is 1.31. The average Bonchev–Trinajstić information content (AvgIpc) is 3.32. The van der Waals surface area contributed by atoms with Gasteiger partial charge >= 0.3 is 0 Å². The van der Waals surface area contributed by atoms with Gasteiger partial charge in [-0.05, 0) is 56.8 Å². The van der Waals surface area contributed by atoms with Gasteiger partial charge in [-0.25, -0.2) is 9.97 Å². The SMILES string of the molecule is CC(O)C(C)Oc1ccnc(-c2ccnc(Cc3ccc4[nH]c(C(=O)N5CCN(C)CC5)cc4c3)n2)c1. The molecule has 0 radical (unpaired) electrons. The minimum Gasteiger partial charge on any atom is -0.488 e. The number of hydrogen-bond acceptors (Lipinski definition) is 7. The van der Waals surface area contributed by atoms with Crippen LogP contribution < -0.4 is 4.74 Å². The highest BCUT2D eigenvalue weighted by molar-refractivity contribution is 5.98. The summed E-state index contributed by atoms with van der Waals surface area (Å²) >= 11 is 0. The maximum atomic E-state index is 13.0. The predicted molar refractivity (Wildman–Crippen MR) is 142 cm³/mol. The average molecular weight is 501 g/mol. The number of nitrogens with zero attached hydrogens (tertiary/aromatic N) is 5. The van der Waals surface area contributed by atoms with Crippen molar-refractivity contribution >= 4 is 16.8 Å². The fourth-order valence-electron chi connectivity index (χ4n) is 4.33. The number of carbonyl (C=O) groups excluding carboxylic acids is 1. The number of aliphatic hydroxyl groups is 1. The van der Waals surface area contributed by atoms with Crippen molar-refractivity contribution in [3.05, 3.63) is 71.9 Å². The summed E-state index contributed by atoms with van der Waals surface area (Å²) in [5.74, 6) is 1.34. The third-order valence-corrected chi connectivity index (χ3v) is 6.77. The monoisotopic (exact) mass is 500 g/mol. The largest absolute Gasteiger partial charge is 0.488 e. The smallest absolute Gasteiger partial charge is 0.270 e. The van der Waals surface area contributed by atoms with Gasteiger partial charge in [0.05, 0.1) is 17.5 Å². The third kappa shape index (κ3) is 5.79. The zero-order valence-electron chi connectivity index (χ0n) is 21.4. The number of hydrogen-bond donors (Lipinski definition) is 2. The minimum absolute atomic E-state index is 0.0448. The molecule has 1 fully saturated rings. The highest BCUT2D eigenvalue weighted by Crippen LogP contribution is 2.23. The number of aromatic nitrogens is 4. The van der Waals surface area contributed by atoms with E-state index in [1.165, 1.54) is 0 Å². The van der Waals surface area contributed by atoms with E-state index in [-0.39, 0.29) is 12.0 Å². The van der Waals surface area contributed by atoms with Crippen LogP contribution in [0.5, 0.6) is 5.75 Å². The second kappa shape index (κ2) is 10.7. The molecule has 9 heteroatoms. The summed E-state index contributed by atoms with van der Waals surface area (Å²) < 4.78 is 5.80. The summed E-state index contributed by atoms with van der Waals surface area (Å²) in [6, 6.07) is 13.4. The second-order valence-electron chi connectivity index (χ2n) is 9.68. The van der Waals surface area contributed by atoms with Crippen molar-refractivity contribution in [1.82, 2.24) is 29.7 Å². The molecule has 1 aliphatic rings. The van der Waals surface area contributed by atoms with E-state index in [0.717, 1.165) is 42.6 Å². The lowest BCUT2D eigenvalue weighted by molar-refractivity contribution is 0.0604. The second-order valence-corrected chi connectivity index (χ2v) is 9.68. The standard InChI is InChI=1S/C28H32N6O3/c1-18(35)19(2)37-22-6-8-29-25(17-22)24-7-9-30-27(32-24)15-20-4-5-23-21(14-20)16-26(31-23)28(36)34-12-10-33(3)11-13-34/h4-9,14,16-19,31,35H,10-13,15H2,1-3H3. The Morgan fingerprint density at radius 3 is 2.59 bits per heavy atom. The first kappa shape index (κ1) is 24.9. The van der Waals surface area contributed by atoms with Gasteiger partial charge < -0.3 is 24.6 Å². The Bertz CT molecular complexity index is 1390. The summed E-state index contributed by atoms with van der Waals surface area (Å²) in [7, 11) is 2.08. The van der Waals surface area contributed by atoms with Gasteiger partial charge in [-0.15, -0.1) is 0 Å². The van der Waals surface area contributed by atoms with Gasteiger partial charge in [0.1, 0.15) is 23.4 Å². The zero-order chi connectivity index (χ0) is 25.9. The lowest BCUT2D eigenvalue weighted by atomic mass is 10.1. The van der Waals surface area contributed by atoms with E-state index in [0.29, 0.717) is 35.1 Å². The molecule has 4 heterocycles. The fourth-order valence-corrected chi connectivity index (χ4v) is 4.33. The molecule has 192 valence electrons. The first-order valence-corrected chi connectivity index (χ1v) is 12.6. The predicted octanol–water partition coefficient (Wildman–Crippen LogP) is 3.15. The van der Waals surface area contributed by atoms with Crippen LogP contribution in [0.25, 0.3) is 22.3 Å². The van der Waals surface area contributed by atoms with Crippen LogP contribution in [0.3, 0.4) is 0 Å². The number of piperazine rings is 1. The van der Waals surface area contributed by atoms with Crippen LogP contribution in [-0.2, 0) is 6.42 Å². The van der Waals surface area contributed by atoms with E-state index in [1.807, 2.05) is 42.2 Å². The molecule has 37 heavy (non-hydrogen) atoms. The van der Waals surface area contributed by atoms with E-state index >= 15 is 0 Å². The van der Waals surface area contributed by atoms with Gasteiger partial charge in [0.25, 0.3) is 5.91 Å². The molecule has 3 aromatic heterocycles. The molecule has 1 aliphatic heterocycles. The molecule has 1 aromatic carbocycles. The number of H-pyrrole nitrogens is 1. The Morgan fingerprint density at radius 1 is 1.03 bits per heavy atom. The van der Waals surface area contributed by atoms with E-state index in [9.17, 15) is 9.90 Å². The van der Waals surface area contributed by atoms with Crippen molar-refractivity contribution in [3.8, 4) is 17.1 Å². The van der Waals surface area contributed by atoms with Gasteiger partial charge in [0.2, 0.25) is 0 Å². The lowest BCUT2D eigenvalue weighted by Crippen LogP contribution is -2.47. The number of nitrogens with one attached hydrogen (secondary N) is 1. The summed E-state index contributed by atoms with van der Waals surface area (Å²) in [5.41, 5.74) is 3.98. The number of ether oxygens (including phenoxy) is 1. The molecular formula is C28H32N6O3. The number of pyridine rings is 1. The fraction of sp³-hybridized carbons (Fsp3) is 0.357. The minimum atomic E-state index is -0.583. The Hall–Kier alpha value is -3.82. The van der Waals surface area contributed by atoms with Gasteiger partial charge in [-0.2, -0.15) is 0 Å². The zero-order valence-corrected chi connectivity index (χ0v) is 21.4. The number of carbonyl (C=O) groups is 1. The maximum Gasteiger partial charge on any atom is 0.270 e. The Kier molecular flexibility index (Phi) is 7.16. The quantitative estimate of drug-likeness (QED) is 0.401. The van der Waals surface area contributed by atoms with E-state index < -0.39 is 6.10 Å². The van der Waals surface area contributed by atoms with Crippen molar-refractivity contribution in [2.24, 2.45) is 0 Å². The number of fused-ring (bicyclic) bond motifs is 1. The number of amides is 1. The summed E-state index contributed by atoms with van der Waals surface area (Å²) in [5, 5.41) is 10.7. The number of aromatic amines is 1. The van der Waals surface area contributed by atoms with Crippen LogP contribution in [0.15, 0.2) is 54.9 Å². The highest BCUT2D eigenvalue weighted by atomic mass is 16.5. The van der Waals surface area contributed by atoms with Crippen LogP contribution in [0.1, 0.15) is 35.7 Å². The number of benzene rings is 1. The molecular weight excluding hydrogens is 468 g/mol. The van der Waals surface area contributed by atoms with Gasteiger partial charge in [0.15, 0.2) is 0 Å². The van der Waals surface area contributed by atoms with Crippen LogP contribution >= 0.6 is 0 Å². The van der Waals surface area contributed by atoms with Crippen LogP contribution in [0.2, 0.25) is 0 Å². The molecule has 0 saturated carbocycles. The van der Waals surface area contributed by atoms with Crippen LogP contribution in [-0.4, -0.2) is 86.2 Å². The maximum absolute atomic E-state index is 13.0. The molecule has 0 spiro atoms. The number of rotatable bonds is 7. The molecule has 4 aromatic rings. The van der Waals surface area contributed by atoms with Crippen molar-refractivity contribution < 1.29 is 14.6 Å². The van der Waals surface area contributed by atoms with Crippen molar-refractivity contribution in [2.45, 2.75) is 32.5 Å². The Labute approximate surface area is 216 Å². The van der Waals surface area contributed by atoms with Crippen LogP contribution in [0, 0.1) is 0 Å². The van der Waals surface area contributed by atoms with Crippen molar-refractivity contribution in [2.75, 3.05) is 33.2 Å². The Morgan fingerprint density at radius 2 is 1.81 bits per heavy atom. The molecule has 2 atom stereocenters. The van der Waals surface area contributed by atoms with Gasteiger partial charge in [-0.3, -0.25) is 9.78 Å². The van der Waals surface area contributed by atoms with Crippen molar-refractivity contribution in [3.63, 3.8) is 0 Å². The molecule has 1 saturated heterocycles. The van der Waals surface area contributed by atoms with E-state index in [2.05, 4.69) is 33.0 Å². The van der Waals surface area contributed by atoms with E-state index in [4.69, 9.17) is 9.72 Å². The number of likely N-dealkylation sites (N-methyl/N-ethyl adjacent to an activating group) is 1. The highest BCUT2D eigenvalue weighted by Gasteiger charge is 2.22. The van der Waals surface area contributed by atoms with E-state index in [1.54, 1.807) is 25.4 Å². The van der Waals surface area contributed by atoms with Crippen molar-refractivity contribution in [1.29, 1.82) is 0 Å². The molecule has 0 aliphatic carbocycles.